The maximum atomic E-state index is 13.7. The van der Waals surface area contributed by atoms with E-state index in [-0.39, 0.29) is 24.2 Å². The highest BCUT2D eigenvalue weighted by atomic mass is 32.2. The number of nitrogens with one attached hydrogen (secondary N) is 2. The highest BCUT2D eigenvalue weighted by molar-refractivity contribution is 7.90. The number of fused-ring (bicyclic) bond motifs is 1. The largest absolute Gasteiger partial charge is 0.405 e. The van der Waals surface area contributed by atoms with Crippen molar-refractivity contribution < 1.29 is 26.4 Å². The van der Waals surface area contributed by atoms with Crippen LogP contribution in [0.15, 0.2) is 36.5 Å². The lowest BCUT2D eigenvalue weighted by Crippen LogP contribution is -2.52. The number of aromatic nitrogens is 1. The molecule has 15 heteroatoms. The van der Waals surface area contributed by atoms with Gasteiger partial charge in [-0.15, -0.1) is 0 Å². The van der Waals surface area contributed by atoms with Crippen LogP contribution >= 0.6 is 0 Å². The van der Waals surface area contributed by atoms with Crippen molar-refractivity contribution in [2.24, 2.45) is 0 Å². The molecular weight excluding hydrogens is 682 g/mol. The van der Waals surface area contributed by atoms with Gasteiger partial charge < -0.3 is 20.4 Å². The predicted octanol–water partition coefficient (Wildman–Crippen LogP) is 3.36. The molecule has 0 radical (unpaired) electrons. The Bertz CT molecular complexity index is 1740. The van der Waals surface area contributed by atoms with Crippen molar-refractivity contribution in [3.8, 4) is 17.9 Å². The SMILES string of the molecule is CC(C)(C#N)c1ccc(NCC#CC2Cc3c(NC4CCN(CC(=O)N5CCN(CCS(C)(=O)=O)CC5)CC4)cccc3N2CC(F)(F)F)cn1. The van der Waals surface area contributed by atoms with Crippen molar-refractivity contribution in [3.63, 3.8) is 0 Å². The third-order valence-electron chi connectivity index (χ3n) is 9.73. The molecule has 3 aliphatic rings. The van der Waals surface area contributed by atoms with Crippen LogP contribution < -0.4 is 15.5 Å². The van der Waals surface area contributed by atoms with Crippen molar-refractivity contribution in [1.29, 1.82) is 5.26 Å². The summed E-state index contributed by atoms with van der Waals surface area (Å²) in [4.78, 5) is 24.8. The number of alkyl halides is 3. The Labute approximate surface area is 299 Å². The maximum absolute atomic E-state index is 13.7. The van der Waals surface area contributed by atoms with Gasteiger partial charge >= 0.3 is 6.18 Å². The molecule has 3 aliphatic heterocycles. The molecular formula is C36H47F3N8O3S. The van der Waals surface area contributed by atoms with E-state index in [0.29, 0.717) is 62.8 Å². The zero-order valence-corrected chi connectivity index (χ0v) is 30.3. The second-order valence-electron chi connectivity index (χ2n) is 14.2. The van der Waals surface area contributed by atoms with E-state index in [0.717, 1.165) is 37.2 Å². The summed E-state index contributed by atoms with van der Waals surface area (Å²) in [7, 11) is -3.02. The van der Waals surface area contributed by atoms with Crippen LogP contribution in [-0.4, -0.2) is 130 Å². The fourth-order valence-corrected chi connectivity index (χ4v) is 7.28. The van der Waals surface area contributed by atoms with Crippen LogP contribution in [0, 0.1) is 23.2 Å². The zero-order valence-electron chi connectivity index (χ0n) is 29.5. The van der Waals surface area contributed by atoms with Gasteiger partial charge in [-0.3, -0.25) is 19.6 Å². The first-order valence-electron chi connectivity index (χ1n) is 17.3. The highest BCUT2D eigenvalue weighted by Gasteiger charge is 2.39. The van der Waals surface area contributed by atoms with E-state index in [1.807, 2.05) is 11.0 Å². The van der Waals surface area contributed by atoms with Crippen LogP contribution in [-0.2, 0) is 26.5 Å². The first-order valence-corrected chi connectivity index (χ1v) is 19.4. The average Bonchev–Trinajstić information content (AvgIpc) is 3.43. The summed E-state index contributed by atoms with van der Waals surface area (Å²) in [6.45, 7) is 7.46. The van der Waals surface area contributed by atoms with Gasteiger partial charge in [-0.25, -0.2) is 8.42 Å². The highest BCUT2D eigenvalue weighted by Crippen LogP contribution is 2.39. The van der Waals surface area contributed by atoms with Crippen LogP contribution in [0.2, 0.25) is 0 Å². The van der Waals surface area contributed by atoms with Crippen LogP contribution in [0.4, 0.5) is 30.2 Å². The lowest BCUT2D eigenvalue weighted by atomic mass is 9.91. The van der Waals surface area contributed by atoms with Gasteiger partial charge in [0, 0.05) is 81.5 Å². The zero-order chi connectivity index (χ0) is 36.8. The van der Waals surface area contributed by atoms with Crippen LogP contribution in [0.3, 0.4) is 0 Å². The quantitative estimate of drug-likeness (QED) is 0.333. The second kappa shape index (κ2) is 16.1. The number of nitriles is 1. The molecule has 0 bridgehead atoms. The Balaban J connectivity index is 1.13. The standard InChI is InChI=1S/C36H47F3N8O3S/c1-35(2,25-40)33-10-9-28(23-42-33)41-13-5-6-29-22-30-31(7-4-8-32(30)47(29)26-36(37,38)39)43-27-11-14-45(15-12-27)24-34(48)46-18-16-44(17-19-46)20-21-51(3,49)50/h4,7-10,23,27,29,41,43H,11-22,24,26H2,1-3H3. The Hall–Kier alpha value is -4.05. The summed E-state index contributed by atoms with van der Waals surface area (Å²) in [6.07, 6.45) is 0.396. The minimum absolute atomic E-state index is 0.0753. The number of carbonyl (C=O) groups excluding carboxylic acids is 1. The summed E-state index contributed by atoms with van der Waals surface area (Å²) in [5.74, 6) is 6.27. The minimum atomic E-state index is -4.40. The number of anilines is 3. The summed E-state index contributed by atoms with van der Waals surface area (Å²) in [5, 5.41) is 16.1. The van der Waals surface area contributed by atoms with Crippen molar-refractivity contribution in [3.05, 3.63) is 47.8 Å². The van der Waals surface area contributed by atoms with E-state index in [1.54, 1.807) is 44.3 Å². The van der Waals surface area contributed by atoms with Crippen molar-refractivity contribution in [2.45, 2.75) is 56.8 Å². The van der Waals surface area contributed by atoms with Crippen molar-refractivity contribution in [2.75, 3.05) is 93.0 Å². The lowest BCUT2D eigenvalue weighted by molar-refractivity contribution is -0.134. The molecule has 51 heavy (non-hydrogen) atoms. The summed E-state index contributed by atoms with van der Waals surface area (Å²) in [6, 6.07) is 10.7. The number of piperidine rings is 1. The van der Waals surface area contributed by atoms with E-state index < -0.39 is 34.0 Å². The minimum Gasteiger partial charge on any atom is -0.382 e. The van der Waals surface area contributed by atoms with Gasteiger partial charge in [-0.05, 0) is 51.0 Å². The molecule has 2 fully saturated rings. The Morgan fingerprint density at radius 2 is 1.76 bits per heavy atom. The Morgan fingerprint density at radius 3 is 2.39 bits per heavy atom. The average molecular weight is 729 g/mol. The number of likely N-dealkylation sites (tertiary alicyclic amines) is 1. The number of amides is 1. The number of hydrogen-bond donors (Lipinski definition) is 2. The Morgan fingerprint density at radius 1 is 1.04 bits per heavy atom. The summed E-state index contributed by atoms with van der Waals surface area (Å²) in [5.41, 5.74) is 2.80. The fourth-order valence-electron chi connectivity index (χ4n) is 6.69. The third kappa shape index (κ3) is 10.7. The maximum Gasteiger partial charge on any atom is 0.405 e. The monoisotopic (exact) mass is 728 g/mol. The van der Waals surface area contributed by atoms with Crippen LogP contribution in [0.1, 0.15) is 37.9 Å². The van der Waals surface area contributed by atoms with E-state index >= 15 is 0 Å². The summed E-state index contributed by atoms with van der Waals surface area (Å²) >= 11 is 0. The van der Waals surface area contributed by atoms with E-state index in [9.17, 15) is 31.6 Å². The van der Waals surface area contributed by atoms with Gasteiger partial charge in [-0.2, -0.15) is 18.4 Å². The van der Waals surface area contributed by atoms with E-state index in [2.05, 4.69) is 43.3 Å². The van der Waals surface area contributed by atoms with Gasteiger partial charge in [0.2, 0.25) is 5.91 Å². The van der Waals surface area contributed by atoms with E-state index in [4.69, 9.17) is 0 Å². The summed E-state index contributed by atoms with van der Waals surface area (Å²) < 4.78 is 64.2. The fraction of sp³-hybridized carbons (Fsp3) is 0.583. The molecule has 1 atom stereocenters. The lowest BCUT2D eigenvalue weighted by Gasteiger charge is -2.37. The number of benzene rings is 1. The van der Waals surface area contributed by atoms with Gasteiger partial charge in [0.25, 0.3) is 0 Å². The molecule has 4 heterocycles. The van der Waals surface area contributed by atoms with Gasteiger partial charge in [0.1, 0.15) is 16.4 Å². The molecule has 1 aromatic heterocycles. The molecule has 2 aromatic rings. The third-order valence-corrected chi connectivity index (χ3v) is 10.7. The number of nitrogens with zero attached hydrogens (tertiary/aromatic N) is 6. The molecule has 1 amide bonds. The number of rotatable bonds is 11. The molecule has 2 N–H and O–H groups in total. The molecule has 0 saturated carbocycles. The number of hydrogen-bond acceptors (Lipinski definition) is 10. The number of pyridine rings is 1. The van der Waals surface area contributed by atoms with E-state index in [1.165, 1.54) is 11.2 Å². The molecule has 11 nitrogen and oxygen atoms in total. The molecule has 0 spiro atoms. The second-order valence-corrected chi connectivity index (χ2v) is 16.4. The molecule has 2 saturated heterocycles. The van der Waals surface area contributed by atoms with Crippen molar-refractivity contribution >= 4 is 32.8 Å². The molecule has 5 rings (SSSR count). The number of piperazine rings is 1. The smallest absolute Gasteiger partial charge is 0.382 e. The van der Waals surface area contributed by atoms with Gasteiger partial charge in [0.05, 0.1) is 53.9 Å². The molecule has 276 valence electrons. The van der Waals surface area contributed by atoms with Crippen LogP contribution in [0.25, 0.3) is 0 Å². The van der Waals surface area contributed by atoms with Gasteiger partial charge in [0.15, 0.2) is 0 Å². The topological polar surface area (TPSA) is 125 Å². The first-order chi connectivity index (χ1) is 24.1. The van der Waals surface area contributed by atoms with Gasteiger partial charge in [-0.1, -0.05) is 17.9 Å². The number of carbonyl (C=O) groups is 1. The Kier molecular flexibility index (Phi) is 12.1. The predicted molar refractivity (Wildman–Crippen MR) is 192 cm³/mol. The van der Waals surface area contributed by atoms with Crippen molar-refractivity contribution in [1.82, 2.24) is 19.7 Å². The molecule has 1 unspecified atom stereocenters. The first kappa shape index (κ1) is 38.2. The number of halogens is 3. The molecule has 0 aliphatic carbocycles. The normalized spacial score (nSPS) is 19.2. The number of sulfone groups is 1. The van der Waals surface area contributed by atoms with Crippen LogP contribution in [0.5, 0.6) is 0 Å². The molecule has 1 aromatic carbocycles.